The molecule has 0 atom stereocenters. The Morgan fingerprint density at radius 3 is 2.30 bits per heavy atom. The van der Waals surface area contributed by atoms with Crippen LogP contribution in [0.15, 0.2) is 54.6 Å². The Hall–Kier alpha value is -2.17. The molecule has 0 radical (unpaired) electrons. The van der Waals surface area contributed by atoms with Gasteiger partial charge in [0, 0.05) is 20.2 Å². The van der Waals surface area contributed by atoms with Crippen LogP contribution >= 0.6 is 0 Å². The molecule has 0 unspecified atom stereocenters. The Bertz CT molecular complexity index is 597. The average molecular weight is 312 g/mol. The molecule has 4 nitrogen and oxygen atoms in total. The van der Waals surface area contributed by atoms with Crippen molar-refractivity contribution in [2.75, 3.05) is 20.7 Å². The van der Waals surface area contributed by atoms with Gasteiger partial charge in [-0.15, -0.1) is 0 Å². The molecule has 122 valence electrons. The van der Waals surface area contributed by atoms with Crippen molar-refractivity contribution in [3.63, 3.8) is 0 Å². The molecule has 1 amide bonds. The lowest BCUT2D eigenvalue weighted by Crippen LogP contribution is -2.34. The number of nitrogens with zero attached hydrogens (tertiary/aromatic N) is 1. The normalized spacial score (nSPS) is 10.7. The standard InChI is InChI=1S/C19H24N2O2/c1-21(13-17-6-4-3-5-7-17)14-19(22)20-12-16-8-10-18(11-9-16)15-23-2/h3-11H,12-15H2,1-2H3,(H,20,22). The predicted octanol–water partition coefficient (Wildman–Crippen LogP) is 2.58. The molecule has 0 aliphatic rings. The lowest BCUT2D eigenvalue weighted by atomic mass is 10.1. The second-order valence-corrected chi connectivity index (χ2v) is 5.68. The summed E-state index contributed by atoms with van der Waals surface area (Å²) < 4.78 is 5.08. The molecular formula is C19H24N2O2. The maximum absolute atomic E-state index is 12.0. The molecule has 0 bridgehead atoms. The van der Waals surface area contributed by atoms with Crippen molar-refractivity contribution in [3.8, 4) is 0 Å². The molecule has 2 aromatic carbocycles. The monoisotopic (exact) mass is 312 g/mol. The Balaban J connectivity index is 1.74. The van der Waals surface area contributed by atoms with Crippen LogP contribution in [0.1, 0.15) is 16.7 Å². The highest BCUT2D eigenvalue weighted by Gasteiger charge is 2.07. The summed E-state index contributed by atoms with van der Waals surface area (Å²) in [5.41, 5.74) is 3.42. The second kappa shape index (κ2) is 9.08. The van der Waals surface area contributed by atoms with E-state index in [2.05, 4.69) is 17.4 Å². The van der Waals surface area contributed by atoms with Gasteiger partial charge in [0.15, 0.2) is 0 Å². The Labute approximate surface area is 138 Å². The molecule has 1 N–H and O–H groups in total. The highest BCUT2D eigenvalue weighted by molar-refractivity contribution is 5.77. The number of likely N-dealkylation sites (N-methyl/N-ethyl adjacent to an activating group) is 1. The lowest BCUT2D eigenvalue weighted by molar-refractivity contribution is -0.122. The van der Waals surface area contributed by atoms with Gasteiger partial charge in [0.25, 0.3) is 0 Å². The minimum Gasteiger partial charge on any atom is -0.380 e. The molecule has 2 rings (SSSR count). The van der Waals surface area contributed by atoms with E-state index >= 15 is 0 Å². The highest BCUT2D eigenvalue weighted by Crippen LogP contribution is 2.05. The second-order valence-electron chi connectivity index (χ2n) is 5.68. The Morgan fingerprint density at radius 1 is 1.00 bits per heavy atom. The highest BCUT2D eigenvalue weighted by atomic mass is 16.5. The number of hydrogen-bond donors (Lipinski definition) is 1. The van der Waals surface area contributed by atoms with Crippen LogP contribution in [-0.2, 0) is 29.2 Å². The van der Waals surface area contributed by atoms with Crippen molar-refractivity contribution < 1.29 is 9.53 Å². The number of rotatable bonds is 8. The first-order valence-electron chi connectivity index (χ1n) is 7.73. The predicted molar refractivity (Wildman–Crippen MR) is 91.8 cm³/mol. The zero-order valence-electron chi connectivity index (χ0n) is 13.8. The molecule has 23 heavy (non-hydrogen) atoms. The van der Waals surface area contributed by atoms with Gasteiger partial charge in [-0.2, -0.15) is 0 Å². The zero-order chi connectivity index (χ0) is 16.5. The third kappa shape index (κ3) is 6.22. The van der Waals surface area contributed by atoms with Crippen molar-refractivity contribution in [2.24, 2.45) is 0 Å². The van der Waals surface area contributed by atoms with Gasteiger partial charge in [-0.3, -0.25) is 9.69 Å². The molecule has 0 saturated heterocycles. The molecule has 4 heteroatoms. The minimum absolute atomic E-state index is 0.0319. The molecular weight excluding hydrogens is 288 g/mol. The van der Waals surface area contributed by atoms with Gasteiger partial charge in [0.1, 0.15) is 0 Å². The lowest BCUT2D eigenvalue weighted by Gasteiger charge is -2.16. The number of methoxy groups -OCH3 is 1. The van der Waals surface area contributed by atoms with Crippen molar-refractivity contribution in [3.05, 3.63) is 71.3 Å². The van der Waals surface area contributed by atoms with E-state index < -0.39 is 0 Å². The number of carbonyl (C=O) groups is 1. The van der Waals surface area contributed by atoms with Gasteiger partial charge in [0.2, 0.25) is 5.91 Å². The van der Waals surface area contributed by atoms with E-state index in [4.69, 9.17) is 4.74 Å². The van der Waals surface area contributed by atoms with Gasteiger partial charge >= 0.3 is 0 Å². The topological polar surface area (TPSA) is 41.6 Å². The maximum atomic E-state index is 12.0. The van der Waals surface area contributed by atoms with E-state index in [1.807, 2.05) is 54.4 Å². The fourth-order valence-corrected chi connectivity index (χ4v) is 2.37. The van der Waals surface area contributed by atoms with Gasteiger partial charge in [-0.1, -0.05) is 54.6 Å². The van der Waals surface area contributed by atoms with E-state index in [0.29, 0.717) is 19.7 Å². The van der Waals surface area contributed by atoms with Gasteiger partial charge in [0.05, 0.1) is 13.2 Å². The fraction of sp³-hybridized carbons (Fsp3) is 0.316. The summed E-state index contributed by atoms with van der Waals surface area (Å²) in [6, 6.07) is 18.2. The Morgan fingerprint density at radius 2 is 1.65 bits per heavy atom. The number of nitrogens with one attached hydrogen (secondary N) is 1. The summed E-state index contributed by atoms with van der Waals surface area (Å²) >= 11 is 0. The third-order valence-electron chi connectivity index (χ3n) is 3.53. The number of benzene rings is 2. The van der Waals surface area contributed by atoms with Crippen LogP contribution in [0.3, 0.4) is 0 Å². The largest absolute Gasteiger partial charge is 0.380 e. The Kier molecular flexibility index (Phi) is 6.78. The van der Waals surface area contributed by atoms with Crippen LogP contribution in [-0.4, -0.2) is 31.5 Å². The molecule has 0 saturated carbocycles. The molecule has 0 fully saturated rings. The van der Waals surface area contributed by atoms with Crippen LogP contribution in [0, 0.1) is 0 Å². The first kappa shape index (κ1) is 17.2. The number of ether oxygens (including phenoxy) is 1. The van der Waals surface area contributed by atoms with E-state index in [-0.39, 0.29) is 5.91 Å². The van der Waals surface area contributed by atoms with Gasteiger partial charge in [-0.05, 0) is 23.7 Å². The van der Waals surface area contributed by atoms with E-state index in [1.165, 1.54) is 5.56 Å². The fourth-order valence-electron chi connectivity index (χ4n) is 2.37. The van der Waals surface area contributed by atoms with Crippen molar-refractivity contribution in [1.82, 2.24) is 10.2 Å². The van der Waals surface area contributed by atoms with E-state index in [1.54, 1.807) is 7.11 Å². The molecule has 0 heterocycles. The molecule has 0 aliphatic heterocycles. The number of amides is 1. The summed E-state index contributed by atoms with van der Waals surface area (Å²) in [6.07, 6.45) is 0. The summed E-state index contributed by atoms with van der Waals surface area (Å²) in [5, 5.41) is 2.96. The number of carbonyl (C=O) groups excluding carboxylic acids is 1. The van der Waals surface area contributed by atoms with Crippen LogP contribution in [0.2, 0.25) is 0 Å². The van der Waals surface area contributed by atoms with E-state index in [9.17, 15) is 4.79 Å². The molecule has 2 aromatic rings. The summed E-state index contributed by atoms with van der Waals surface area (Å²) in [7, 11) is 3.63. The van der Waals surface area contributed by atoms with Crippen LogP contribution in [0.4, 0.5) is 0 Å². The third-order valence-corrected chi connectivity index (χ3v) is 3.53. The summed E-state index contributed by atoms with van der Waals surface area (Å²) in [5.74, 6) is 0.0319. The molecule has 0 aromatic heterocycles. The van der Waals surface area contributed by atoms with Crippen molar-refractivity contribution in [1.29, 1.82) is 0 Å². The maximum Gasteiger partial charge on any atom is 0.234 e. The van der Waals surface area contributed by atoms with Crippen molar-refractivity contribution >= 4 is 5.91 Å². The smallest absolute Gasteiger partial charge is 0.234 e. The zero-order valence-corrected chi connectivity index (χ0v) is 13.8. The quantitative estimate of drug-likeness (QED) is 0.814. The van der Waals surface area contributed by atoms with E-state index in [0.717, 1.165) is 17.7 Å². The average Bonchev–Trinajstić information content (AvgIpc) is 2.55. The minimum atomic E-state index is 0.0319. The summed E-state index contributed by atoms with van der Waals surface area (Å²) in [4.78, 5) is 14.0. The van der Waals surface area contributed by atoms with Gasteiger partial charge in [-0.25, -0.2) is 0 Å². The SMILES string of the molecule is COCc1ccc(CNC(=O)CN(C)Cc2ccccc2)cc1. The number of hydrogen-bond acceptors (Lipinski definition) is 3. The summed E-state index contributed by atoms with van der Waals surface area (Å²) in [6.45, 7) is 2.30. The van der Waals surface area contributed by atoms with Crippen molar-refractivity contribution in [2.45, 2.75) is 19.7 Å². The molecule has 0 spiro atoms. The van der Waals surface area contributed by atoms with Crippen LogP contribution < -0.4 is 5.32 Å². The van der Waals surface area contributed by atoms with Gasteiger partial charge < -0.3 is 10.1 Å². The van der Waals surface area contributed by atoms with Crippen LogP contribution in [0.25, 0.3) is 0 Å². The first-order chi connectivity index (χ1) is 11.2. The van der Waals surface area contributed by atoms with Crippen LogP contribution in [0.5, 0.6) is 0 Å². The molecule has 0 aliphatic carbocycles. The first-order valence-corrected chi connectivity index (χ1v) is 7.73.